The van der Waals surface area contributed by atoms with E-state index in [0.717, 1.165) is 47.5 Å². The molecule has 0 aliphatic carbocycles. The lowest BCUT2D eigenvalue weighted by Gasteiger charge is -2.27. The molecule has 2 aliphatic heterocycles. The Bertz CT molecular complexity index is 1450. The molecule has 0 radical (unpaired) electrons. The molecule has 0 spiro atoms. The van der Waals surface area contributed by atoms with Gasteiger partial charge in [-0.25, -0.2) is 9.67 Å². The highest BCUT2D eigenvalue weighted by Gasteiger charge is 2.30. The van der Waals surface area contributed by atoms with E-state index >= 15 is 0 Å². The smallest absolute Gasteiger partial charge is 0.255 e. The summed E-state index contributed by atoms with van der Waals surface area (Å²) in [6, 6.07) is 15.4. The largest absolute Gasteiger partial charge is 0.379 e. The van der Waals surface area contributed by atoms with Crippen molar-refractivity contribution >= 4 is 17.5 Å². The van der Waals surface area contributed by atoms with Crippen molar-refractivity contribution in [1.82, 2.24) is 29.4 Å². The Balaban J connectivity index is 1.24. The maximum absolute atomic E-state index is 13.2. The number of carbonyl (C=O) groups excluding carboxylic acids is 2. The molecule has 1 N–H and O–H groups in total. The van der Waals surface area contributed by atoms with Gasteiger partial charge < -0.3 is 15.0 Å². The Morgan fingerprint density at radius 2 is 2.03 bits per heavy atom. The number of rotatable bonds is 6. The molecule has 38 heavy (non-hydrogen) atoms. The zero-order valence-electron chi connectivity index (χ0n) is 21.2. The summed E-state index contributed by atoms with van der Waals surface area (Å²) in [5.74, 6) is -0.141. The summed E-state index contributed by atoms with van der Waals surface area (Å²) in [6.45, 7) is 4.79. The number of hydrogen-bond acceptors (Lipinski definition) is 6. The first-order valence-corrected chi connectivity index (χ1v) is 12.8. The average Bonchev–Trinajstić information content (AvgIpc) is 3.71. The number of fused-ring (bicyclic) bond motifs is 1. The lowest BCUT2D eigenvalue weighted by atomic mass is 9.99. The molecule has 10 heteroatoms. The highest BCUT2D eigenvalue weighted by atomic mass is 16.5. The molecule has 194 valence electrons. The predicted octanol–water partition coefficient (Wildman–Crippen LogP) is 3.31. The summed E-state index contributed by atoms with van der Waals surface area (Å²) >= 11 is 0. The molecule has 4 aromatic rings. The van der Waals surface area contributed by atoms with Gasteiger partial charge in [0.15, 0.2) is 0 Å². The monoisotopic (exact) mass is 511 g/mol. The molecule has 1 atom stereocenters. The van der Waals surface area contributed by atoms with E-state index in [1.165, 1.54) is 6.33 Å². The number of hydrogen-bond donors (Lipinski definition) is 1. The van der Waals surface area contributed by atoms with E-state index in [9.17, 15) is 9.59 Å². The molecule has 10 nitrogen and oxygen atoms in total. The quantitative estimate of drug-likeness (QED) is 0.426. The van der Waals surface area contributed by atoms with Crippen LogP contribution in [-0.2, 0) is 29.0 Å². The highest BCUT2D eigenvalue weighted by molar-refractivity contribution is 6.05. The molecule has 1 saturated heterocycles. The number of anilines is 1. The number of aromatic nitrogens is 5. The number of amides is 2. The number of benzene rings is 2. The molecule has 1 unspecified atom stereocenters. The van der Waals surface area contributed by atoms with Crippen molar-refractivity contribution in [2.75, 3.05) is 25.1 Å². The van der Waals surface area contributed by atoms with E-state index in [0.29, 0.717) is 37.5 Å². The minimum atomic E-state index is -0.196. The zero-order valence-corrected chi connectivity index (χ0v) is 21.2. The van der Waals surface area contributed by atoms with E-state index in [1.54, 1.807) is 24.0 Å². The van der Waals surface area contributed by atoms with Crippen LogP contribution < -0.4 is 5.32 Å². The standard InChI is InChI=1S/C28H29N7O3/c1-19(36)33-11-9-26-25(15-33)27(32-35(26)24-10-12-38-16-24)21-3-2-4-22(13-21)28(37)31-23-7-5-20(6-8-23)14-34-18-29-17-30-34/h2-8,13,17-18,24H,9-12,14-16H2,1H3,(H,31,37). The van der Waals surface area contributed by atoms with Crippen LogP contribution in [0.1, 0.15) is 46.6 Å². The Morgan fingerprint density at radius 3 is 2.76 bits per heavy atom. The van der Waals surface area contributed by atoms with Gasteiger partial charge >= 0.3 is 0 Å². The molecule has 2 aromatic carbocycles. The first-order chi connectivity index (χ1) is 18.5. The molecule has 2 amide bonds. The third kappa shape index (κ3) is 4.82. The summed E-state index contributed by atoms with van der Waals surface area (Å²) in [5, 5.41) is 12.1. The van der Waals surface area contributed by atoms with Gasteiger partial charge in [0.25, 0.3) is 5.91 Å². The summed E-state index contributed by atoms with van der Waals surface area (Å²) in [6.07, 6.45) is 4.85. The third-order valence-corrected chi connectivity index (χ3v) is 7.20. The van der Waals surface area contributed by atoms with Gasteiger partial charge in [0.1, 0.15) is 12.7 Å². The lowest BCUT2D eigenvalue weighted by Crippen LogP contribution is -2.35. The fourth-order valence-electron chi connectivity index (χ4n) is 5.17. The van der Waals surface area contributed by atoms with Crippen LogP contribution in [-0.4, -0.2) is 61.0 Å². The fraction of sp³-hybridized carbons (Fsp3) is 0.321. The second kappa shape index (κ2) is 10.2. The molecular weight excluding hydrogens is 482 g/mol. The first kappa shape index (κ1) is 24.1. The van der Waals surface area contributed by atoms with Crippen molar-refractivity contribution in [2.45, 2.75) is 38.9 Å². The molecule has 2 aliphatic rings. The van der Waals surface area contributed by atoms with Gasteiger partial charge in [-0.2, -0.15) is 10.2 Å². The minimum Gasteiger partial charge on any atom is -0.379 e. The summed E-state index contributed by atoms with van der Waals surface area (Å²) in [5.41, 5.74) is 6.21. The van der Waals surface area contributed by atoms with Gasteiger partial charge in [0, 0.05) is 61.1 Å². The number of carbonyl (C=O) groups is 2. The minimum absolute atomic E-state index is 0.0546. The highest BCUT2D eigenvalue weighted by Crippen LogP contribution is 2.34. The molecule has 2 aromatic heterocycles. The predicted molar refractivity (Wildman–Crippen MR) is 140 cm³/mol. The Kier molecular flexibility index (Phi) is 6.47. The van der Waals surface area contributed by atoms with Gasteiger partial charge in [-0.3, -0.25) is 14.3 Å². The van der Waals surface area contributed by atoms with Crippen LogP contribution in [0.15, 0.2) is 61.2 Å². The second-order valence-electron chi connectivity index (χ2n) is 9.75. The molecule has 0 bridgehead atoms. The molecule has 6 rings (SSSR count). The van der Waals surface area contributed by atoms with Crippen molar-refractivity contribution in [1.29, 1.82) is 0 Å². The molecule has 4 heterocycles. The van der Waals surface area contributed by atoms with Crippen LogP contribution in [0, 0.1) is 0 Å². The van der Waals surface area contributed by atoms with E-state index in [2.05, 4.69) is 20.1 Å². The molecule has 1 fully saturated rings. The van der Waals surface area contributed by atoms with E-state index in [4.69, 9.17) is 9.84 Å². The SMILES string of the molecule is CC(=O)N1CCc2c(c(-c3cccc(C(=O)Nc4ccc(Cn5cncn5)cc4)c3)nn2C2CCOC2)C1. The van der Waals surface area contributed by atoms with Crippen LogP contribution >= 0.6 is 0 Å². The van der Waals surface area contributed by atoms with Crippen molar-refractivity contribution in [3.8, 4) is 11.3 Å². The van der Waals surface area contributed by atoms with E-state index in [1.807, 2.05) is 47.4 Å². The third-order valence-electron chi connectivity index (χ3n) is 7.20. The Labute approximate surface area is 220 Å². The second-order valence-corrected chi connectivity index (χ2v) is 9.75. The molecular formula is C28H29N7O3. The summed E-state index contributed by atoms with van der Waals surface area (Å²) < 4.78 is 9.48. The van der Waals surface area contributed by atoms with E-state index < -0.39 is 0 Å². The fourth-order valence-corrected chi connectivity index (χ4v) is 5.17. The Morgan fingerprint density at radius 1 is 1.16 bits per heavy atom. The van der Waals surface area contributed by atoms with Gasteiger partial charge in [0.05, 0.1) is 24.9 Å². The zero-order chi connectivity index (χ0) is 26.1. The van der Waals surface area contributed by atoms with Crippen molar-refractivity contribution in [3.63, 3.8) is 0 Å². The summed E-state index contributed by atoms with van der Waals surface area (Å²) in [7, 11) is 0. The van der Waals surface area contributed by atoms with Crippen molar-refractivity contribution < 1.29 is 14.3 Å². The van der Waals surface area contributed by atoms with Crippen LogP contribution in [0.4, 0.5) is 5.69 Å². The van der Waals surface area contributed by atoms with Gasteiger partial charge in [-0.15, -0.1) is 0 Å². The number of nitrogens with zero attached hydrogens (tertiary/aromatic N) is 6. The van der Waals surface area contributed by atoms with Gasteiger partial charge in [-0.1, -0.05) is 24.3 Å². The normalized spacial score (nSPS) is 16.9. The Hall–Kier alpha value is -4.31. The van der Waals surface area contributed by atoms with Crippen molar-refractivity contribution in [2.24, 2.45) is 0 Å². The lowest BCUT2D eigenvalue weighted by molar-refractivity contribution is -0.129. The van der Waals surface area contributed by atoms with Crippen molar-refractivity contribution in [3.05, 3.63) is 83.6 Å². The van der Waals surface area contributed by atoms with Crippen LogP contribution in [0.25, 0.3) is 11.3 Å². The topological polar surface area (TPSA) is 107 Å². The average molecular weight is 512 g/mol. The number of ether oxygens (including phenoxy) is 1. The molecule has 0 saturated carbocycles. The number of nitrogens with one attached hydrogen (secondary N) is 1. The van der Waals surface area contributed by atoms with Crippen LogP contribution in [0.2, 0.25) is 0 Å². The van der Waals surface area contributed by atoms with Gasteiger partial charge in [0.2, 0.25) is 5.91 Å². The maximum atomic E-state index is 13.2. The van der Waals surface area contributed by atoms with Crippen LogP contribution in [0.3, 0.4) is 0 Å². The maximum Gasteiger partial charge on any atom is 0.255 e. The van der Waals surface area contributed by atoms with Crippen LogP contribution in [0.5, 0.6) is 0 Å². The summed E-state index contributed by atoms with van der Waals surface area (Å²) in [4.78, 5) is 31.1. The van der Waals surface area contributed by atoms with E-state index in [-0.39, 0.29) is 17.9 Å². The van der Waals surface area contributed by atoms with Gasteiger partial charge in [-0.05, 0) is 36.2 Å². The first-order valence-electron chi connectivity index (χ1n) is 12.8.